The van der Waals surface area contributed by atoms with E-state index >= 15 is 0 Å². The third-order valence-electron chi connectivity index (χ3n) is 2.56. The van der Waals surface area contributed by atoms with Crippen LogP contribution in [0.15, 0.2) is 11.4 Å². The summed E-state index contributed by atoms with van der Waals surface area (Å²) in [6.45, 7) is 3.43. The molecule has 1 aliphatic heterocycles. The van der Waals surface area contributed by atoms with Gasteiger partial charge in [-0.1, -0.05) is 0 Å². The van der Waals surface area contributed by atoms with Gasteiger partial charge in [-0.3, -0.25) is 0 Å². The summed E-state index contributed by atoms with van der Waals surface area (Å²) in [6, 6.07) is 2.97. The lowest BCUT2D eigenvalue weighted by Crippen LogP contribution is -2.23. The van der Waals surface area contributed by atoms with E-state index in [1.165, 1.54) is 31.4 Å². The highest BCUT2D eigenvalue weighted by Gasteiger charge is 2.15. The monoisotopic (exact) mass is 181 g/mol. The second kappa shape index (κ2) is 3.58. The van der Waals surface area contributed by atoms with Gasteiger partial charge in [0.1, 0.15) is 0 Å². The molecular weight excluding hydrogens is 166 g/mol. The molecule has 1 fully saturated rings. The van der Waals surface area contributed by atoms with Gasteiger partial charge in [0.2, 0.25) is 0 Å². The Labute approximate surface area is 77.8 Å². The number of hydrogen-bond acceptors (Lipinski definition) is 2. The zero-order valence-corrected chi connectivity index (χ0v) is 8.29. The molecule has 1 aliphatic rings. The van der Waals surface area contributed by atoms with Gasteiger partial charge < -0.3 is 5.32 Å². The van der Waals surface area contributed by atoms with Gasteiger partial charge in [0.05, 0.1) is 0 Å². The maximum Gasteiger partial charge on any atom is 0.0116 e. The normalized spacial score (nSPS) is 23.2. The lowest BCUT2D eigenvalue weighted by atomic mass is 10.1. The number of thiophene rings is 1. The highest BCUT2D eigenvalue weighted by Crippen LogP contribution is 2.20. The van der Waals surface area contributed by atoms with Crippen molar-refractivity contribution in [3.8, 4) is 0 Å². The van der Waals surface area contributed by atoms with Gasteiger partial charge in [-0.15, -0.1) is 11.3 Å². The van der Waals surface area contributed by atoms with Gasteiger partial charge in [-0.05, 0) is 49.7 Å². The molecule has 12 heavy (non-hydrogen) atoms. The number of aryl methyl sites for hydroxylation is 1. The number of nitrogens with one attached hydrogen (secondary N) is 1. The van der Waals surface area contributed by atoms with Crippen LogP contribution in [0.25, 0.3) is 0 Å². The minimum absolute atomic E-state index is 0.752. The maximum absolute atomic E-state index is 3.53. The zero-order valence-electron chi connectivity index (χ0n) is 7.47. The highest BCUT2D eigenvalue weighted by molar-refractivity contribution is 7.10. The average molecular weight is 181 g/mol. The number of rotatable bonds is 2. The molecular formula is C10H15NS. The molecule has 1 unspecified atom stereocenters. The third kappa shape index (κ3) is 1.70. The quantitative estimate of drug-likeness (QED) is 0.738. The second-order valence-electron chi connectivity index (χ2n) is 3.52. The predicted octanol–water partition coefficient (Wildman–Crippen LogP) is 2.35. The Hall–Kier alpha value is -0.340. The molecule has 1 N–H and O–H groups in total. The van der Waals surface area contributed by atoms with Crippen molar-refractivity contribution >= 4 is 11.3 Å². The van der Waals surface area contributed by atoms with Crippen LogP contribution < -0.4 is 5.32 Å². The highest BCUT2D eigenvalue weighted by atomic mass is 32.1. The molecule has 0 aromatic carbocycles. The van der Waals surface area contributed by atoms with Crippen molar-refractivity contribution in [2.75, 3.05) is 6.54 Å². The van der Waals surface area contributed by atoms with Crippen LogP contribution in [0.5, 0.6) is 0 Å². The third-order valence-corrected chi connectivity index (χ3v) is 3.61. The van der Waals surface area contributed by atoms with Crippen molar-refractivity contribution in [1.29, 1.82) is 0 Å². The molecule has 0 radical (unpaired) electrons. The Balaban J connectivity index is 1.98. The minimum Gasteiger partial charge on any atom is -0.314 e. The molecule has 0 aliphatic carbocycles. The summed E-state index contributed by atoms with van der Waals surface area (Å²) < 4.78 is 0. The van der Waals surface area contributed by atoms with Crippen molar-refractivity contribution in [3.63, 3.8) is 0 Å². The van der Waals surface area contributed by atoms with Gasteiger partial charge >= 0.3 is 0 Å². The van der Waals surface area contributed by atoms with Crippen LogP contribution in [-0.4, -0.2) is 12.6 Å². The zero-order chi connectivity index (χ0) is 8.39. The average Bonchev–Trinajstić information content (AvgIpc) is 2.65. The first-order valence-corrected chi connectivity index (χ1v) is 5.50. The van der Waals surface area contributed by atoms with Crippen molar-refractivity contribution < 1.29 is 0 Å². The van der Waals surface area contributed by atoms with Crippen LogP contribution in [-0.2, 0) is 6.42 Å². The van der Waals surface area contributed by atoms with E-state index in [4.69, 9.17) is 0 Å². The van der Waals surface area contributed by atoms with Crippen LogP contribution in [0.4, 0.5) is 0 Å². The van der Waals surface area contributed by atoms with E-state index in [2.05, 4.69) is 23.7 Å². The molecule has 0 amide bonds. The molecule has 66 valence electrons. The smallest absolute Gasteiger partial charge is 0.0116 e. The molecule has 1 saturated heterocycles. The molecule has 1 aromatic heterocycles. The van der Waals surface area contributed by atoms with Crippen LogP contribution in [0, 0.1) is 6.92 Å². The Bertz CT molecular complexity index is 248. The fraction of sp³-hybridized carbons (Fsp3) is 0.600. The molecule has 2 heteroatoms. The lowest BCUT2D eigenvalue weighted by molar-refractivity contribution is 0.606. The molecule has 2 heterocycles. The Morgan fingerprint density at radius 1 is 1.67 bits per heavy atom. The molecule has 1 aromatic rings. The van der Waals surface area contributed by atoms with E-state index in [9.17, 15) is 0 Å². The lowest BCUT2D eigenvalue weighted by Gasteiger charge is -2.08. The molecule has 0 saturated carbocycles. The van der Waals surface area contributed by atoms with Crippen molar-refractivity contribution in [2.24, 2.45) is 0 Å². The van der Waals surface area contributed by atoms with Crippen LogP contribution in [0.3, 0.4) is 0 Å². The van der Waals surface area contributed by atoms with E-state index in [0.717, 1.165) is 6.04 Å². The Kier molecular flexibility index (Phi) is 2.47. The molecule has 2 rings (SSSR count). The standard InChI is InChI=1S/C10H15NS/c1-8-4-6-12-10(8)7-9-3-2-5-11-9/h4,6,9,11H,2-3,5,7H2,1H3. The van der Waals surface area contributed by atoms with Gasteiger partial charge in [0, 0.05) is 10.9 Å². The first-order chi connectivity index (χ1) is 5.86. The largest absolute Gasteiger partial charge is 0.314 e. The fourth-order valence-electron chi connectivity index (χ4n) is 1.77. The van der Waals surface area contributed by atoms with E-state index in [1.807, 2.05) is 11.3 Å². The van der Waals surface area contributed by atoms with E-state index in [-0.39, 0.29) is 0 Å². The van der Waals surface area contributed by atoms with Gasteiger partial charge in [-0.25, -0.2) is 0 Å². The topological polar surface area (TPSA) is 12.0 Å². The predicted molar refractivity (Wildman–Crippen MR) is 53.8 cm³/mol. The van der Waals surface area contributed by atoms with Gasteiger partial charge in [0.25, 0.3) is 0 Å². The summed E-state index contributed by atoms with van der Waals surface area (Å²) in [5, 5.41) is 5.72. The molecule has 0 spiro atoms. The summed E-state index contributed by atoms with van der Waals surface area (Å²) in [5.74, 6) is 0. The minimum atomic E-state index is 0.752. The van der Waals surface area contributed by atoms with Gasteiger partial charge in [0.15, 0.2) is 0 Å². The van der Waals surface area contributed by atoms with Gasteiger partial charge in [-0.2, -0.15) is 0 Å². The second-order valence-corrected chi connectivity index (χ2v) is 4.52. The summed E-state index contributed by atoms with van der Waals surface area (Å²) in [5.41, 5.74) is 1.47. The summed E-state index contributed by atoms with van der Waals surface area (Å²) in [6.07, 6.45) is 3.95. The van der Waals surface area contributed by atoms with Crippen LogP contribution in [0.1, 0.15) is 23.3 Å². The summed E-state index contributed by atoms with van der Waals surface area (Å²) in [7, 11) is 0. The van der Waals surface area contributed by atoms with Crippen molar-refractivity contribution in [1.82, 2.24) is 5.32 Å². The Morgan fingerprint density at radius 2 is 2.58 bits per heavy atom. The molecule has 0 bridgehead atoms. The Morgan fingerprint density at radius 3 is 3.17 bits per heavy atom. The molecule has 1 atom stereocenters. The SMILES string of the molecule is Cc1ccsc1CC1CCCN1. The van der Waals surface area contributed by atoms with Crippen molar-refractivity contribution in [3.05, 3.63) is 21.9 Å². The summed E-state index contributed by atoms with van der Waals surface area (Å²) in [4.78, 5) is 1.56. The van der Waals surface area contributed by atoms with Crippen LogP contribution >= 0.6 is 11.3 Å². The summed E-state index contributed by atoms with van der Waals surface area (Å²) >= 11 is 1.90. The van der Waals surface area contributed by atoms with Crippen LogP contribution in [0.2, 0.25) is 0 Å². The fourth-order valence-corrected chi connectivity index (χ4v) is 2.76. The van der Waals surface area contributed by atoms with E-state index < -0.39 is 0 Å². The first kappa shape index (κ1) is 8.27. The van der Waals surface area contributed by atoms with Crippen molar-refractivity contribution in [2.45, 2.75) is 32.2 Å². The molecule has 1 nitrogen and oxygen atoms in total. The number of hydrogen-bond donors (Lipinski definition) is 1. The van der Waals surface area contributed by atoms with E-state index in [0.29, 0.717) is 0 Å². The van der Waals surface area contributed by atoms with E-state index in [1.54, 1.807) is 4.88 Å². The maximum atomic E-state index is 3.53. The first-order valence-electron chi connectivity index (χ1n) is 4.62.